The summed E-state index contributed by atoms with van der Waals surface area (Å²) in [6.45, 7) is 5.29. The van der Waals surface area contributed by atoms with E-state index in [1.54, 1.807) is 6.08 Å². The summed E-state index contributed by atoms with van der Waals surface area (Å²) in [5.41, 5.74) is 1.68. The third-order valence-electron chi connectivity index (χ3n) is 6.58. The van der Waals surface area contributed by atoms with Crippen molar-refractivity contribution in [2.24, 2.45) is 17.3 Å². The van der Waals surface area contributed by atoms with Crippen LogP contribution < -0.4 is 0 Å². The van der Waals surface area contributed by atoms with E-state index < -0.39 is 0 Å². The van der Waals surface area contributed by atoms with Gasteiger partial charge in [0.15, 0.2) is 6.29 Å². The molecule has 140 valence electrons. The van der Waals surface area contributed by atoms with E-state index in [-0.39, 0.29) is 29.3 Å². The molecule has 3 unspecified atom stereocenters. The minimum absolute atomic E-state index is 0.157. The monoisotopic (exact) mass is 348 g/mol. The number of hydrogen-bond acceptors (Lipinski definition) is 2. The van der Waals surface area contributed by atoms with E-state index in [1.165, 1.54) is 50.5 Å². The van der Waals surface area contributed by atoms with E-state index in [9.17, 15) is 9.18 Å². The summed E-state index contributed by atoms with van der Waals surface area (Å²) in [6.07, 6.45) is 13.6. The minimum atomic E-state index is -0.301. The molecule has 3 rings (SSSR count). The molecule has 2 saturated carbocycles. The Balaban J connectivity index is 1.67. The number of ether oxygens (including phenoxy) is 1. The Hall–Kier alpha value is -0.960. The lowest BCUT2D eigenvalue weighted by atomic mass is 9.80. The largest absolute Gasteiger partial charge is 0.373 e. The third kappa shape index (κ3) is 4.42. The van der Waals surface area contributed by atoms with Crippen molar-refractivity contribution < 1.29 is 13.9 Å². The van der Waals surface area contributed by atoms with Crippen LogP contribution in [0, 0.1) is 17.3 Å². The highest BCUT2D eigenvalue weighted by Crippen LogP contribution is 2.48. The van der Waals surface area contributed by atoms with Gasteiger partial charge in [0.1, 0.15) is 5.83 Å². The first kappa shape index (κ1) is 18.8. The summed E-state index contributed by atoms with van der Waals surface area (Å²) in [4.78, 5) is 11.1. The molecular weight excluding hydrogens is 315 g/mol. The second-order valence-electron chi connectivity index (χ2n) is 8.52. The molecule has 0 radical (unpaired) electrons. The second-order valence-corrected chi connectivity index (χ2v) is 8.52. The molecule has 3 aliphatic carbocycles. The molecule has 2 fully saturated rings. The van der Waals surface area contributed by atoms with Gasteiger partial charge in [-0.25, -0.2) is 4.39 Å². The van der Waals surface area contributed by atoms with Crippen molar-refractivity contribution in [2.75, 3.05) is 6.61 Å². The Labute approximate surface area is 151 Å². The van der Waals surface area contributed by atoms with Gasteiger partial charge in [-0.3, -0.25) is 4.79 Å². The molecular formula is C22H33FO2. The van der Waals surface area contributed by atoms with Crippen LogP contribution in [0.1, 0.15) is 78.1 Å². The first-order valence-electron chi connectivity index (χ1n) is 10.3. The zero-order valence-corrected chi connectivity index (χ0v) is 15.9. The van der Waals surface area contributed by atoms with Crippen LogP contribution in [0.2, 0.25) is 0 Å². The Kier molecular flexibility index (Phi) is 6.14. The Morgan fingerprint density at radius 3 is 2.72 bits per heavy atom. The molecule has 0 aliphatic heterocycles. The van der Waals surface area contributed by atoms with Crippen LogP contribution in [-0.2, 0) is 9.53 Å². The first-order chi connectivity index (χ1) is 12.1. The summed E-state index contributed by atoms with van der Waals surface area (Å²) < 4.78 is 20.6. The first-order valence-corrected chi connectivity index (χ1v) is 10.3. The molecule has 0 amide bonds. The van der Waals surface area contributed by atoms with Crippen LogP contribution in [0.15, 0.2) is 23.0 Å². The smallest absolute Gasteiger partial charge is 0.152 e. The van der Waals surface area contributed by atoms with E-state index in [1.807, 2.05) is 0 Å². The number of allylic oxidation sites excluding steroid dienone is 2. The molecule has 0 N–H and O–H groups in total. The Morgan fingerprint density at radius 1 is 1.32 bits per heavy atom. The van der Waals surface area contributed by atoms with Crippen molar-refractivity contribution in [1.82, 2.24) is 0 Å². The molecule has 0 aromatic carbocycles. The van der Waals surface area contributed by atoms with E-state index in [4.69, 9.17) is 4.74 Å². The molecule has 0 saturated heterocycles. The van der Waals surface area contributed by atoms with Crippen LogP contribution >= 0.6 is 0 Å². The normalized spacial score (nSPS) is 32.8. The fraction of sp³-hybridized carbons (Fsp3) is 0.773. The van der Waals surface area contributed by atoms with Gasteiger partial charge < -0.3 is 4.74 Å². The molecule has 0 aromatic heterocycles. The van der Waals surface area contributed by atoms with Crippen LogP contribution in [0.5, 0.6) is 0 Å². The lowest BCUT2D eigenvalue weighted by molar-refractivity contribution is -0.104. The van der Waals surface area contributed by atoms with Crippen LogP contribution in [0.4, 0.5) is 4.39 Å². The second kappa shape index (κ2) is 8.16. The summed E-state index contributed by atoms with van der Waals surface area (Å²) in [6, 6.07) is 0. The number of carbonyl (C=O) groups excluding carboxylic acids is 1. The van der Waals surface area contributed by atoms with Gasteiger partial charge in [0, 0.05) is 12.0 Å². The highest BCUT2D eigenvalue weighted by atomic mass is 19.1. The van der Waals surface area contributed by atoms with Gasteiger partial charge in [0.25, 0.3) is 0 Å². The molecule has 0 aromatic rings. The van der Waals surface area contributed by atoms with Crippen LogP contribution in [0.25, 0.3) is 0 Å². The number of unbranched alkanes of at least 4 members (excludes halogenated alkanes) is 1. The summed E-state index contributed by atoms with van der Waals surface area (Å²) in [5.74, 6) is 1.03. The zero-order valence-electron chi connectivity index (χ0n) is 15.9. The number of hydrogen-bond donors (Lipinski definition) is 0. The predicted molar refractivity (Wildman–Crippen MR) is 99.0 cm³/mol. The van der Waals surface area contributed by atoms with Crippen molar-refractivity contribution in [3.63, 3.8) is 0 Å². The fourth-order valence-corrected chi connectivity index (χ4v) is 4.73. The molecule has 0 heterocycles. The molecule has 0 spiro atoms. The standard InChI is InChI=1S/C22H33FO2/c1-3-5-9-22(10-8-16(4-2)13-22)15-25-21-12-20(23)18(14-24)11-19(21)17-6-7-17/h11,14,16-17,21H,3-10,12-13,15H2,1-2H3. The average Bonchev–Trinajstić information content (AvgIpc) is 3.39. The molecule has 2 nitrogen and oxygen atoms in total. The highest BCUT2D eigenvalue weighted by Gasteiger charge is 2.40. The molecule has 3 aliphatic rings. The van der Waals surface area contributed by atoms with Crippen molar-refractivity contribution in [3.8, 4) is 0 Å². The number of aldehydes is 1. The van der Waals surface area contributed by atoms with E-state index in [0.29, 0.717) is 12.2 Å². The van der Waals surface area contributed by atoms with Crippen molar-refractivity contribution in [2.45, 2.75) is 84.2 Å². The van der Waals surface area contributed by atoms with Gasteiger partial charge in [-0.15, -0.1) is 0 Å². The van der Waals surface area contributed by atoms with Gasteiger partial charge in [0.2, 0.25) is 0 Å². The Bertz CT molecular complexity index is 546. The zero-order chi connectivity index (χ0) is 17.9. The van der Waals surface area contributed by atoms with Crippen molar-refractivity contribution in [3.05, 3.63) is 23.0 Å². The van der Waals surface area contributed by atoms with Gasteiger partial charge in [-0.2, -0.15) is 0 Å². The maximum atomic E-state index is 14.2. The molecule has 3 atom stereocenters. The topological polar surface area (TPSA) is 26.3 Å². The molecule has 0 bridgehead atoms. The Morgan fingerprint density at radius 2 is 2.12 bits per heavy atom. The lowest BCUT2D eigenvalue weighted by Gasteiger charge is -2.33. The molecule has 25 heavy (non-hydrogen) atoms. The average molecular weight is 349 g/mol. The number of halogens is 1. The van der Waals surface area contributed by atoms with Gasteiger partial charge >= 0.3 is 0 Å². The van der Waals surface area contributed by atoms with Crippen molar-refractivity contribution in [1.29, 1.82) is 0 Å². The van der Waals surface area contributed by atoms with Gasteiger partial charge in [-0.1, -0.05) is 33.1 Å². The summed E-state index contributed by atoms with van der Waals surface area (Å²) in [5, 5.41) is 0. The van der Waals surface area contributed by atoms with E-state index in [2.05, 4.69) is 13.8 Å². The maximum Gasteiger partial charge on any atom is 0.152 e. The van der Waals surface area contributed by atoms with Crippen LogP contribution in [0.3, 0.4) is 0 Å². The lowest BCUT2D eigenvalue weighted by Crippen LogP contribution is -2.30. The third-order valence-corrected chi connectivity index (χ3v) is 6.58. The van der Waals surface area contributed by atoms with Gasteiger partial charge in [0.05, 0.1) is 12.7 Å². The van der Waals surface area contributed by atoms with Gasteiger partial charge in [-0.05, 0) is 67.4 Å². The highest BCUT2D eigenvalue weighted by molar-refractivity contribution is 5.79. The summed E-state index contributed by atoms with van der Waals surface area (Å²) >= 11 is 0. The number of rotatable bonds is 9. The summed E-state index contributed by atoms with van der Waals surface area (Å²) in [7, 11) is 0. The predicted octanol–water partition coefficient (Wildman–Crippen LogP) is 5.92. The van der Waals surface area contributed by atoms with E-state index >= 15 is 0 Å². The van der Waals surface area contributed by atoms with Crippen molar-refractivity contribution >= 4 is 6.29 Å². The fourth-order valence-electron chi connectivity index (χ4n) is 4.73. The van der Waals surface area contributed by atoms with E-state index in [0.717, 1.165) is 25.4 Å². The maximum absolute atomic E-state index is 14.2. The quantitative estimate of drug-likeness (QED) is 0.483. The minimum Gasteiger partial charge on any atom is -0.373 e. The number of carbonyl (C=O) groups is 1. The molecule has 3 heteroatoms. The van der Waals surface area contributed by atoms with Crippen LogP contribution in [-0.4, -0.2) is 19.0 Å². The SMILES string of the molecule is CCCCC1(COC2CC(F)=C(C=O)C=C2C2CC2)CCC(CC)C1.